The molecule has 0 bridgehead atoms. The maximum atomic E-state index is 13.2. The Morgan fingerprint density at radius 1 is 1.12 bits per heavy atom. The topological polar surface area (TPSA) is 88.9 Å². The van der Waals surface area contributed by atoms with E-state index in [-0.39, 0.29) is 11.4 Å². The summed E-state index contributed by atoms with van der Waals surface area (Å²) in [6.45, 7) is -0.638. The number of alkyl halides is 2. The number of nitrogens with one attached hydrogen (secondary N) is 1. The van der Waals surface area contributed by atoms with Gasteiger partial charge in [0.05, 0.1) is 31.4 Å². The first-order valence-corrected chi connectivity index (χ1v) is 11.6. The van der Waals surface area contributed by atoms with Crippen molar-refractivity contribution in [3.05, 3.63) is 72.7 Å². The van der Waals surface area contributed by atoms with Crippen molar-refractivity contribution in [3.8, 4) is 5.75 Å². The average Bonchev–Trinajstić information content (AvgIpc) is 3.27. The minimum Gasteiger partial charge on any atom is -0.497 e. The van der Waals surface area contributed by atoms with Gasteiger partial charge in [-0.1, -0.05) is 11.8 Å². The summed E-state index contributed by atoms with van der Waals surface area (Å²) < 4.78 is 62.5. The van der Waals surface area contributed by atoms with Crippen molar-refractivity contribution < 1.29 is 31.1 Å². The van der Waals surface area contributed by atoms with Crippen LogP contribution in [0.4, 0.5) is 14.5 Å². The first kappa shape index (κ1) is 23.8. The molecule has 0 saturated carbocycles. The number of hydrogen-bond donors (Lipinski definition) is 1. The third-order valence-corrected chi connectivity index (χ3v) is 6.82. The van der Waals surface area contributed by atoms with Gasteiger partial charge < -0.3 is 14.5 Å². The third kappa shape index (κ3) is 6.31. The second-order valence-corrected chi connectivity index (χ2v) is 9.48. The highest BCUT2D eigenvalue weighted by Gasteiger charge is 2.28. The number of furan rings is 1. The molecule has 170 valence electrons. The molecule has 0 aliphatic carbocycles. The smallest absolute Gasteiger partial charge is 0.288 e. The molecule has 0 radical (unpaired) electrons. The van der Waals surface area contributed by atoms with Gasteiger partial charge in [-0.2, -0.15) is 13.1 Å². The Kier molecular flexibility index (Phi) is 7.89. The van der Waals surface area contributed by atoms with Crippen molar-refractivity contribution >= 4 is 33.4 Å². The second-order valence-electron chi connectivity index (χ2n) is 6.48. The van der Waals surface area contributed by atoms with E-state index in [0.717, 1.165) is 4.31 Å². The SMILES string of the molecule is COc1ccc(S(=O)(=O)N(CC(=O)Nc2ccc(SC(F)F)cc2)Cc2ccco2)cc1. The summed E-state index contributed by atoms with van der Waals surface area (Å²) in [5.41, 5.74) is 0.355. The second kappa shape index (κ2) is 10.6. The van der Waals surface area contributed by atoms with E-state index in [4.69, 9.17) is 9.15 Å². The van der Waals surface area contributed by atoms with Gasteiger partial charge >= 0.3 is 0 Å². The number of rotatable bonds is 10. The zero-order valence-electron chi connectivity index (χ0n) is 16.9. The quantitative estimate of drug-likeness (QED) is 0.430. The van der Waals surface area contributed by atoms with Crippen LogP contribution in [0.3, 0.4) is 0 Å². The molecule has 0 spiro atoms. The fraction of sp³-hybridized carbons (Fsp3) is 0.190. The van der Waals surface area contributed by atoms with Crippen LogP contribution < -0.4 is 10.1 Å². The molecule has 1 amide bonds. The van der Waals surface area contributed by atoms with Crippen LogP contribution in [-0.2, 0) is 21.4 Å². The summed E-state index contributed by atoms with van der Waals surface area (Å²) in [7, 11) is -2.57. The molecule has 0 aliphatic heterocycles. The Balaban J connectivity index is 1.77. The third-order valence-electron chi connectivity index (χ3n) is 4.29. The van der Waals surface area contributed by atoms with Crippen molar-refractivity contribution in [3.63, 3.8) is 0 Å². The van der Waals surface area contributed by atoms with Gasteiger partial charge in [-0.25, -0.2) is 8.42 Å². The molecular weight excluding hydrogens is 462 g/mol. The molecule has 2 aromatic carbocycles. The molecule has 3 rings (SSSR count). The fourth-order valence-electron chi connectivity index (χ4n) is 2.78. The van der Waals surface area contributed by atoms with Crippen LogP contribution in [0, 0.1) is 0 Å². The molecule has 0 fully saturated rings. The van der Waals surface area contributed by atoms with Gasteiger partial charge in [-0.3, -0.25) is 4.79 Å². The molecule has 0 unspecified atom stereocenters. The van der Waals surface area contributed by atoms with E-state index in [9.17, 15) is 22.0 Å². The van der Waals surface area contributed by atoms with Crippen molar-refractivity contribution in [2.24, 2.45) is 0 Å². The largest absolute Gasteiger partial charge is 0.497 e. The predicted octanol–water partition coefficient (Wildman–Crippen LogP) is 4.43. The number of nitrogens with zero attached hydrogens (tertiary/aromatic N) is 1. The highest BCUT2D eigenvalue weighted by Crippen LogP contribution is 2.26. The Bertz CT molecular complexity index is 1120. The fourth-order valence-corrected chi connectivity index (χ4v) is 4.64. The van der Waals surface area contributed by atoms with Crippen LogP contribution in [-0.4, -0.2) is 38.0 Å². The van der Waals surface area contributed by atoms with E-state index in [2.05, 4.69) is 5.32 Å². The number of carbonyl (C=O) groups is 1. The van der Waals surface area contributed by atoms with Crippen molar-refractivity contribution in [2.45, 2.75) is 22.1 Å². The Morgan fingerprint density at radius 3 is 2.38 bits per heavy atom. The van der Waals surface area contributed by atoms with E-state index in [1.54, 1.807) is 12.1 Å². The zero-order valence-corrected chi connectivity index (χ0v) is 18.5. The van der Waals surface area contributed by atoms with E-state index < -0.39 is 28.2 Å². The van der Waals surface area contributed by atoms with E-state index in [1.807, 2.05) is 0 Å². The summed E-state index contributed by atoms with van der Waals surface area (Å²) in [5.74, 6) is -2.28. The van der Waals surface area contributed by atoms with Gasteiger partial charge in [0, 0.05) is 10.6 Å². The maximum absolute atomic E-state index is 13.2. The molecule has 0 aliphatic rings. The van der Waals surface area contributed by atoms with Crippen molar-refractivity contribution in [1.82, 2.24) is 4.31 Å². The van der Waals surface area contributed by atoms with Gasteiger partial charge in [0.2, 0.25) is 15.9 Å². The van der Waals surface area contributed by atoms with Crippen LogP contribution in [0.1, 0.15) is 5.76 Å². The Hall–Kier alpha value is -2.89. The highest BCUT2D eigenvalue weighted by atomic mass is 32.2. The van der Waals surface area contributed by atoms with Gasteiger partial charge in [-0.05, 0) is 60.7 Å². The number of sulfonamides is 1. The van der Waals surface area contributed by atoms with Crippen molar-refractivity contribution in [2.75, 3.05) is 19.0 Å². The number of methoxy groups -OCH3 is 1. The molecular formula is C21H20F2N2O5S2. The lowest BCUT2D eigenvalue weighted by molar-refractivity contribution is -0.116. The summed E-state index contributed by atoms with van der Waals surface area (Å²) in [5, 5.41) is 2.58. The lowest BCUT2D eigenvalue weighted by Crippen LogP contribution is -2.37. The minimum atomic E-state index is -4.04. The van der Waals surface area contributed by atoms with Crippen LogP contribution in [0.5, 0.6) is 5.75 Å². The highest BCUT2D eigenvalue weighted by molar-refractivity contribution is 7.99. The Labute approximate surface area is 188 Å². The number of benzene rings is 2. The number of carbonyl (C=O) groups excluding carboxylic acids is 1. The monoisotopic (exact) mass is 482 g/mol. The normalized spacial score (nSPS) is 11.7. The van der Waals surface area contributed by atoms with Gasteiger partial charge in [-0.15, -0.1) is 0 Å². The minimum absolute atomic E-state index is 0.00830. The number of ether oxygens (including phenoxy) is 1. The van der Waals surface area contributed by atoms with E-state index in [1.165, 1.54) is 61.9 Å². The lowest BCUT2D eigenvalue weighted by Gasteiger charge is -2.21. The molecule has 3 aromatic rings. The predicted molar refractivity (Wildman–Crippen MR) is 116 cm³/mol. The molecule has 1 N–H and O–H groups in total. The number of halogens is 2. The first-order valence-electron chi connectivity index (χ1n) is 9.29. The summed E-state index contributed by atoms with van der Waals surface area (Å²) in [4.78, 5) is 12.9. The summed E-state index contributed by atoms with van der Waals surface area (Å²) in [6.07, 6.45) is 1.41. The Morgan fingerprint density at radius 2 is 1.81 bits per heavy atom. The van der Waals surface area contributed by atoms with Crippen LogP contribution in [0.2, 0.25) is 0 Å². The van der Waals surface area contributed by atoms with E-state index >= 15 is 0 Å². The van der Waals surface area contributed by atoms with Gasteiger partial charge in [0.15, 0.2) is 0 Å². The maximum Gasteiger partial charge on any atom is 0.288 e. The van der Waals surface area contributed by atoms with Crippen molar-refractivity contribution in [1.29, 1.82) is 0 Å². The van der Waals surface area contributed by atoms with Crippen LogP contribution in [0.25, 0.3) is 0 Å². The molecule has 0 saturated heterocycles. The average molecular weight is 483 g/mol. The van der Waals surface area contributed by atoms with Gasteiger partial charge in [0.25, 0.3) is 5.76 Å². The van der Waals surface area contributed by atoms with Gasteiger partial charge in [0.1, 0.15) is 11.5 Å². The summed E-state index contributed by atoms with van der Waals surface area (Å²) >= 11 is 0.389. The molecule has 1 heterocycles. The number of amides is 1. The van der Waals surface area contributed by atoms with E-state index in [0.29, 0.717) is 33.9 Å². The molecule has 7 nitrogen and oxygen atoms in total. The zero-order chi connectivity index (χ0) is 23.1. The first-order chi connectivity index (χ1) is 15.3. The summed E-state index contributed by atoms with van der Waals surface area (Å²) in [6, 6.07) is 14.9. The molecule has 0 atom stereocenters. The molecule has 1 aromatic heterocycles. The standard InChI is InChI=1S/C21H20F2N2O5S2/c1-29-16-6-10-19(11-7-16)32(27,28)25(13-17-3-2-12-30-17)14-20(26)24-15-4-8-18(9-5-15)31-21(22)23/h2-12,21H,13-14H2,1H3,(H,24,26). The molecule has 11 heteroatoms. The van der Waals surface area contributed by atoms with Crippen LogP contribution in [0.15, 0.2) is 81.1 Å². The lowest BCUT2D eigenvalue weighted by atomic mass is 10.3. The van der Waals surface area contributed by atoms with Crippen LogP contribution >= 0.6 is 11.8 Å². The number of thioether (sulfide) groups is 1. The molecule has 32 heavy (non-hydrogen) atoms. The number of anilines is 1. The number of hydrogen-bond acceptors (Lipinski definition) is 6.